The molecule has 88 valence electrons. The average Bonchev–Trinajstić information content (AvgIpc) is 2.93. The van der Waals surface area contributed by atoms with Crippen molar-refractivity contribution in [2.24, 2.45) is 0 Å². The van der Waals surface area contributed by atoms with Crippen molar-refractivity contribution in [1.82, 2.24) is 19.2 Å². The van der Waals surface area contributed by atoms with Gasteiger partial charge in [-0.15, -0.1) is 11.3 Å². The van der Waals surface area contributed by atoms with Crippen LogP contribution in [0.15, 0.2) is 17.8 Å². The van der Waals surface area contributed by atoms with Crippen LogP contribution in [0.3, 0.4) is 0 Å². The molecule has 0 saturated heterocycles. The van der Waals surface area contributed by atoms with Crippen LogP contribution in [0, 0.1) is 6.92 Å². The monoisotopic (exact) mass is 330 g/mol. The number of alkyl halides is 1. The summed E-state index contributed by atoms with van der Waals surface area (Å²) in [7, 11) is 0. The van der Waals surface area contributed by atoms with Crippen molar-refractivity contribution in [3.05, 3.63) is 34.2 Å². The van der Waals surface area contributed by atoms with E-state index >= 15 is 0 Å². The molecule has 3 heterocycles. The topological polar surface area (TPSA) is 35.1 Å². The maximum atomic E-state index is 6.02. The minimum Gasteiger partial charge on any atom is -0.292 e. The van der Waals surface area contributed by atoms with E-state index in [1.165, 1.54) is 0 Å². The lowest BCUT2D eigenvalue weighted by Gasteiger charge is -1.99. The highest BCUT2D eigenvalue weighted by atomic mass is 79.9. The molecule has 0 amide bonds. The number of aryl methyl sites for hydroxylation is 1. The molecule has 7 heteroatoms. The number of imidazole rings is 1. The summed E-state index contributed by atoms with van der Waals surface area (Å²) in [6.07, 6.45) is 3.79. The molecule has 17 heavy (non-hydrogen) atoms. The van der Waals surface area contributed by atoms with E-state index in [4.69, 9.17) is 11.6 Å². The van der Waals surface area contributed by atoms with Gasteiger partial charge >= 0.3 is 0 Å². The number of halogens is 2. The van der Waals surface area contributed by atoms with Gasteiger partial charge in [0, 0.05) is 16.9 Å². The fourth-order valence-corrected chi connectivity index (χ4v) is 3.06. The molecule has 0 radical (unpaired) electrons. The molecule has 0 N–H and O–H groups in total. The summed E-state index contributed by atoms with van der Waals surface area (Å²) in [6.45, 7) is 1.88. The van der Waals surface area contributed by atoms with Gasteiger partial charge < -0.3 is 0 Å². The predicted molar refractivity (Wildman–Crippen MR) is 72.6 cm³/mol. The minimum absolute atomic E-state index is 0.655. The van der Waals surface area contributed by atoms with E-state index in [1.807, 2.05) is 18.5 Å². The highest BCUT2D eigenvalue weighted by Crippen LogP contribution is 2.24. The first-order chi connectivity index (χ1) is 8.20. The smallest absolute Gasteiger partial charge is 0.195 e. The van der Waals surface area contributed by atoms with E-state index in [2.05, 4.69) is 30.4 Å². The molecule has 3 aromatic heterocycles. The number of rotatable bonds is 2. The standard InChI is InChI=1S/C10H8BrClN4S/c1-6-7(12)5-16(14-6)9-8(4-11)15-2-3-17-10(15)13-9/h2-3,5H,4H2,1H3. The Morgan fingerprint density at radius 2 is 2.35 bits per heavy atom. The van der Waals surface area contributed by atoms with Crippen molar-refractivity contribution in [3.63, 3.8) is 0 Å². The molecule has 0 fully saturated rings. The SMILES string of the molecule is Cc1nn(-c2nc3sccn3c2CBr)cc1Cl. The van der Waals surface area contributed by atoms with E-state index in [0.29, 0.717) is 5.02 Å². The Labute approximate surface area is 115 Å². The molecule has 3 rings (SSSR count). The Bertz CT molecular complexity index is 664. The van der Waals surface area contributed by atoms with Crippen LogP contribution in [0.1, 0.15) is 11.4 Å². The van der Waals surface area contributed by atoms with Crippen molar-refractivity contribution in [2.75, 3.05) is 0 Å². The Kier molecular flexibility index (Phi) is 2.72. The molecule has 0 atom stereocenters. The number of hydrogen-bond donors (Lipinski definition) is 0. The molecule has 0 unspecified atom stereocenters. The average molecular weight is 332 g/mol. The second kappa shape index (κ2) is 4.12. The normalized spacial score (nSPS) is 11.5. The molecule has 0 spiro atoms. The third kappa shape index (κ3) is 1.71. The Hall–Kier alpha value is -0.850. The van der Waals surface area contributed by atoms with Crippen molar-refractivity contribution in [3.8, 4) is 5.82 Å². The lowest BCUT2D eigenvalue weighted by atomic mass is 10.5. The van der Waals surface area contributed by atoms with E-state index in [0.717, 1.165) is 27.5 Å². The van der Waals surface area contributed by atoms with Crippen LogP contribution in [0.5, 0.6) is 0 Å². The first-order valence-corrected chi connectivity index (χ1v) is 7.31. The van der Waals surface area contributed by atoms with Crippen LogP contribution in [-0.2, 0) is 5.33 Å². The first kappa shape index (κ1) is 11.3. The van der Waals surface area contributed by atoms with Gasteiger partial charge in [0.05, 0.1) is 22.6 Å². The van der Waals surface area contributed by atoms with Gasteiger partial charge in [-0.1, -0.05) is 27.5 Å². The molecule has 4 nitrogen and oxygen atoms in total. The molecule has 0 aliphatic carbocycles. The molecule has 0 bridgehead atoms. The largest absolute Gasteiger partial charge is 0.292 e. The zero-order valence-corrected chi connectivity index (χ0v) is 12.1. The highest BCUT2D eigenvalue weighted by molar-refractivity contribution is 9.08. The van der Waals surface area contributed by atoms with E-state index in [1.54, 1.807) is 22.2 Å². The Morgan fingerprint density at radius 3 is 3.00 bits per heavy atom. The second-order valence-corrected chi connectivity index (χ2v) is 5.42. The lowest BCUT2D eigenvalue weighted by Crippen LogP contribution is -2.00. The highest BCUT2D eigenvalue weighted by Gasteiger charge is 2.15. The van der Waals surface area contributed by atoms with Gasteiger partial charge in [-0.05, 0) is 6.92 Å². The van der Waals surface area contributed by atoms with Gasteiger partial charge in [-0.2, -0.15) is 10.1 Å². The molecular formula is C10H8BrClN4S. The number of hydrogen-bond acceptors (Lipinski definition) is 3. The van der Waals surface area contributed by atoms with E-state index in [-0.39, 0.29) is 0 Å². The van der Waals surface area contributed by atoms with Crippen molar-refractivity contribution in [1.29, 1.82) is 0 Å². The summed E-state index contributed by atoms with van der Waals surface area (Å²) >= 11 is 11.1. The van der Waals surface area contributed by atoms with Crippen LogP contribution < -0.4 is 0 Å². The summed E-state index contributed by atoms with van der Waals surface area (Å²) in [5.41, 5.74) is 1.88. The quantitative estimate of drug-likeness (QED) is 0.674. The predicted octanol–water partition coefficient (Wildman–Crippen LogP) is 3.44. The van der Waals surface area contributed by atoms with Crippen molar-refractivity contribution < 1.29 is 0 Å². The van der Waals surface area contributed by atoms with Crippen LogP contribution in [0.25, 0.3) is 10.8 Å². The summed E-state index contributed by atoms with van der Waals surface area (Å²) in [6, 6.07) is 0. The molecule has 0 aliphatic rings. The van der Waals surface area contributed by atoms with Crippen molar-refractivity contribution in [2.45, 2.75) is 12.3 Å². The van der Waals surface area contributed by atoms with Crippen molar-refractivity contribution >= 4 is 43.8 Å². The second-order valence-electron chi connectivity index (χ2n) is 3.58. The van der Waals surface area contributed by atoms with Crippen LogP contribution in [0.2, 0.25) is 5.02 Å². The van der Waals surface area contributed by atoms with Crippen LogP contribution in [0.4, 0.5) is 0 Å². The minimum atomic E-state index is 0.655. The third-order valence-electron chi connectivity index (χ3n) is 2.52. The summed E-state index contributed by atoms with van der Waals surface area (Å²) < 4.78 is 3.79. The van der Waals surface area contributed by atoms with Crippen LogP contribution in [-0.4, -0.2) is 19.2 Å². The van der Waals surface area contributed by atoms with Gasteiger partial charge in [0.1, 0.15) is 0 Å². The fourth-order valence-electron chi connectivity index (χ4n) is 1.68. The lowest BCUT2D eigenvalue weighted by molar-refractivity contribution is 0.830. The van der Waals surface area contributed by atoms with E-state index < -0.39 is 0 Å². The van der Waals surface area contributed by atoms with Gasteiger partial charge in [-0.25, -0.2) is 4.68 Å². The van der Waals surface area contributed by atoms with Gasteiger partial charge in [0.25, 0.3) is 0 Å². The summed E-state index contributed by atoms with van der Waals surface area (Å²) in [5.74, 6) is 0.823. The number of nitrogens with zero attached hydrogens (tertiary/aromatic N) is 4. The third-order valence-corrected chi connectivity index (χ3v) is 4.18. The fraction of sp³-hybridized carbons (Fsp3) is 0.200. The molecule has 0 saturated carbocycles. The Morgan fingerprint density at radius 1 is 1.53 bits per heavy atom. The number of fused-ring (bicyclic) bond motifs is 1. The first-order valence-electron chi connectivity index (χ1n) is 4.93. The Balaban J connectivity index is 2.25. The zero-order valence-electron chi connectivity index (χ0n) is 8.89. The van der Waals surface area contributed by atoms with Gasteiger partial charge in [0.2, 0.25) is 0 Å². The number of thiazole rings is 1. The molecule has 0 aromatic carbocycles. The van der Waals surface area contributed by atoms with E-state index in [9.17, 15) is 0 Å². The molecule has 0 aliphatic heterocycles. The maximum absolute atomic E-state index is 6.02. The summed E-state index contributed by atoms with van der Waals surface area (Å²) in [5, 5.41) is 7.74. The van der Waals surface area contributed by atoms with Crippen LogP contribution >= 0.6 is 38.9 Å². The zero-order chi connectivity index (χ0) is 12.0. The number of aromatic nitrogens is 4. The van der Waals surface area contributed by atoms with Gasteiger partial charge in [0.15, 0.2) is 10.8 Å². The maximum Gasteiger partial charge on any atom is 0.195 e. The summed E-state index contributed by atoms with van der Waals surface area (Å²) in [4.78, 5) is 5.52. The molecular weight excluding hydrogens is 324 g/mol. The molecule has 3 aromatic rings. The van der Waals surface area contributed by atoms with Gasteiger partial charge in [-0.3, -0.25) is 4.40 Å².